The van der Waals surface area contributed by atoms with Crippen LogP contribution in [-0.2, 0) is 0 Å². The molecule has 2 heterocycles. The molecule has 7 nitrogen and oxygen atoms in total. The highest BCUT2D eigenvalue weighted by Crippen LogP contribution is 2.34. The van der Waals surface area contributed by atoms with Gasteiger partial charge >= 0.3 is 0 Å². The molecular formula is C22H21N5O2. The second-order valence-electron chi connectivity index (χ2n) is 6.58. The van der Waals surface area contributed by atoms with Crippen molar-refractivity contribution < 1.29 is 9.53 Å². The monoisotopic (exact) mass is 387 g/mol. The van der Waals surface area contributed by atoms with E-state index in [1.807, 2.05) is 72.7 Å². The number of carbonyl (C=O) groups excluding carboxylic acids is 1. The second kappa shape index (κ2) is 7.55. The fourth-order valence-electron chi connectivity index (χ4n) is 3.29. The Morgan fingerprint density at radius 2 is 1.93 bits per heavy atom. The van der Waals surface area contributed by atoms with E-state index in [1.165, 1.54) is 6.20 Å². The average molecular weight is 387 g/mol. The summed E-state index contributed by atoms with van der Waals surface area (Å²) >= 11 is 0. The van der Waals surface area contributed by atoms with E-state index >= 15 is 0 Å². The number of aromatic nitrogens is 2. The van der Waals surface area contributed by atoms with Crippen LogP contribution in [0.3, 0.4) is 0 Å². The number of nitrogens with zero attached hydrogens (tertiary/aromatic N) is 2. The highest BCUT2D eigenvalue weighted by atomic mass is 16.5. The third-order valence-corrected chi connectivity index (χ3v) is 4.80. The van der Waals surface area contributed by atoms with Crippen molar-refractivity contribution in [3.63, 3.8) is 0 Å². The summed E-state index contributed by atoms with van der Waals surface area (Å²) in [7, 11) is 3.53. The number of fused-ring (bicyclic) bond motifs is 1. The van der Waals surface area contributed by atoms with Gasteiger partial charge in [0.05, 0.1) is 24.0 Å². The Morgan fingerprint density at radius 3 is 2.66 bits per heavy atom. The van der Waals surface area contributed by atoms with E-state index in [-0.39, 0.29) is 0 Å². The lowest BCUT2D eigenvalue weighted by molar-refractivity contribution is 0.100. The zero-order chi connectivity index (χ0) is 20.4. The normalized spacial score (nSPS) is 10.7. The van der Waals surface area contributed by atoms with E-state index in [1.54, 1.807) is 7.11 Å². The molecule has 4 aromatic rings. The van der Waals surface area contributed by atoms with E-state index in [9.17, 15) is 4.79 Å². The Kier molecular flexibility index (Phi) is 4.78. The molecule has 146 valence electrons. The first-order valence-electron chi connectivity index (χ1n) is 9.07. The molecule has 0 atom stereocenters. The molecule has 29 heavy (non-hydrogen) atoms. The Labute approximate surface area is 168 Å². The molecule has 0 saturated carbocycles. The molecule has 0 fully saturated rings. The molecule has 1 amide bonds. The lowest BCUT2D eigenvalue weighted by Crippen LogP contribution is -2.19. The van der Waals surface area contributed by atoms with Gasteiger partial charge in [-0.2, -0.15) is 0 Å². The number of nitrogens with one attached hydrogen (secondary N) is 2. The Hall–Kier alpha value is -4.00. The Balaban J connectivity index is 1.73. The number of hydrogen-bond acceptors (Lipinski definition) is 5. The maximum Gasteiger partial charge on any atom is 0.252 e. The van der Waals surface area contributed by atoms with E-state index in [0.717, 1.165) is 28.0 Å². The van der Waals surface area contributed by atoms with Gasteiger partial charge in [-0.1, -0.05) is 6.07 Å². The van der Waals surface area contributed by atoms with Crippen molar-refractivity contribution in [2.75, 3.05) is 24.4 Å². The SMILES string of the molecule is COc1ccc(Nc2cc(N(C)c3cccc4[nH]ccc34)c(C(N)=O)cn2)cc1. The summed E-state index contributed by atoms with van der Waals surface area (Å²) < 4.78 is 5.19. The molecule has 0 unspecified atom stereocenters. The minimum Gasteiger partial charge on any atom is -0.497 e. The first kappa shape index (κ1) is 18.4. The first-order chi connectivity index (χ1) is 14.1. The largest absolute Gasteiger partial charge is 0.497 e. The van der Waals surface area contributed by atoms with Crippen molar-refractivity contribution in [2.45, 2.75) is 0 Å². The molecule has 2 aromatic carbocycles. The summed E-state index contributed by atoms with van der Waals surface area (Å²) in [4.78, 5) is 21.5. The highest BCUT2D eigenvalue weighted by molar-refractivity contribution is 6.02. The van der Waals surface area contributed by atoms with Crippen LogP contribution in [0.2, 0.25) is 0 Å². The van der Waals surface area contributed by atoms with Crippen LogP contribution in [0.15, 0.2) is 67.0 Å². The summed E-state index contributed by atoms with van der Waals surface area (Å²) in [5, 5.41) is 4.30. The number of ether oxygens (including phenoxy) is 1. The van der Waals surface area contributed by atoms with Crippen molar-refractivity contribution >= 4 is 39.7 Å². The van der Waals surface area contributed by atoms with Gasteiger partial charge < -0.3 is 25.7 Å². The van der Waals surface area contributed by atoms with E-state index in [4.69, 9.17) is 10.5 Å². The first-order valence-corrected chi connectivity index (χ1v) is 9.07. The summed E-state index contributed by atoms with van der Waals surface area (Å²) in [6, 6.07) is 17.3. The number of methoxy groups -OCH3 is 1. The third-order valence-electron chi connectivity index (χ3n) is 4.80. The maximum atomic E-state index is 12.0. The number of pyridine rings is 1. The van der Waals surface area contributed by atoms with Crippen molar-refractivity contribution in [3.05, 3.63) is 72.6 Å². The zero-order valence-electron chi connectivity index (χ0n) is 16.1. The molecule has 4 rings (SSSR count). The van der Waals surface area contributed by atoms with Crippen LogP contribution >= 0.6 is 0 Å². The van der Waals surface area contributed by atoms with Crippen LogP contribution in [-0.4, -0.2) is 30.0 Å². The predicted octanol–water partition coefficient (Wildman–Crippen LogP) is 4.18. The third kappa shape index (κ3) is 3.58. The van der Waals surface area contributed by atoms with Gasteiger partial charge in [-0.3, -0.25) is 4.79 Å². The van der Waals surface area contributed by atoms with E-state index in [0.29, 0.717) is 17.1 Å². The number of carbonyl (C=O) groups is 1. The van der Waals surface area contributed by atoms with Crippen LogP contribution in [0.25, 0.3) is 10.9 Å². The van der Waals surface area contributed by atoms with Crippen LogP contribution in [0.1, 0.15) is 10.4 Å². The molecular weight excluding hydrogens is 366 g/mol. The molecule has 0 radical (unpaired) electrons. The number of anilines is 4. The molecule has 0 saturated heterocycles. The number of primary amides is 1. The van der Waals surface area contributed by atoms with Crippen LogP contribution in [0.5, 0.6) is 5.75 Å². The van der Waals surface area contributed by atoms with Gasteiger partial charge in [0, 0.05) is 42.1 Å². The quantitative estimate of drug-likeness (QED) is 0.461. The molecule has 2 aromatic heterocycles. The van der Waals surface area contributed by atoms with Gasteiger partial charge in [-0.15, -0.1) is 0 Å². The summed E-state index contributed by atoms with van der Waals surface area (Å²) in [6.45, 7) is 0. The van der Waals surface area contributed by atoms with Gasteiger partial charge in [-0.05, 0) is 42.5 Å². The molecule has 7 heteroatoms. The van der Waals surface area contributed by atoms with Crippen molar-refractivity contribution in [1.82, 2.24) is 9.97 Å². The minimum atomic E-state index is -0.531. The average Bonchev–Trinajstić information content (AvgIpc) is 3.22. The smallest absolute Gasteiger partial charge is 0.252 e. The van der Waals surface area contributed by atoms with Crippen LogP contribution in [0, 0.1) is 0 Å². The fourth-order valence-corrected chi connectivity index (χ4v) is 3.29. The standard InChI is InChI=1S/C22H21N5O2/c1-27(19-5-3-4-18-16(19)10-11-24-18)20-12-21(25-13-17(20)22(23)28)26-14-6-8-15(29-2)9-7-14/h3-13,24H,1-2H3,(H2,23,28)(H,25,26). The summed E-state index contributed by atoms with van der Waals surface area (Å²) in [5.41, 5.74) is 9.44. The Bertz CT molecular complexity index is 1170. The predicted molar refractivity (Wildman–Crippen MR) is 115 cm³/mol. The van der Waals surface area contributed by atoms with Crippen molar-refractivity contribution in [3.8, 4) is 5.75 Å². The van der Waals surface area contributed by atoms with Gasteiger partial charge in [-0.25, -0.2) is 4.98 Å². The van der Waals surface area contributed by atoms with Crippen LogP contribution in [0.4, 0.5) is 22.9 Å². The van der Waals surface area contributed by atoms with Gasteiger partial charge in [0.2, 0.25) is 0 Å². The van der Waals surface area contributed by atoms with Crippen LogP contribution < -0.4 is 20.7 Å². The number of benzene rings is 2. The second-order valence-corrected chi connectivity index (χ2v) is 6.58. The summed E-state index contributed by atoms with van der Waals surface area (Å²) in [6.07, 6.45) is 3.39. The molecule has 0 spiro atoms. The number of aromatic amines is 1. The van der Waals surface area contributed by atoms with Crippen molar-refractivity contribution in [2.24, 2.45) is 5.73 Å². The number of rotatable bonds is 6. The fraction of sp³-hybridized carbons (Fsp3) is 0.0909. The molecule has 0 bridgehead atoms. The number of H-pyrrole nitrogens is 1. The molecule has 0 aliphatic carbocycles. The number of amides is 1. The zero-order valence-corrected chi connectivity index (χ0v) is 16.1. The van der Waals surface area contributed by atoms with Gasteiger partial charge in [0.15, 0.2) is 0 Å². The topological polar surface area (TPSA) is 96.3 Å². The molecule has 0 aliphatic rings. The summed E-state index contributed by atoms with van der Waals surface area (Å²) in [5.74, 6) is 0.840. The Morgan fingerprint density at radius 1 is 1.14 bits per heavy atom. The molecule has 4 N–H and O–H groups in total. The highest BCUT2D eigenvalue weighted by Gasteiger charge is 2.17. The lowest BCUT2D eigenvalue weighted by Gasteiger charge is -2.23. The van der Waals surface area contributed by atoms with Crippen molar-refractivity contribution in [1.29, 1.82) is 0 Å². The van der Waals surface area contributed by atoms with E-state index < -0.39 is 5.91 Å². The van der Waals surface area contributed by atoms with Gasteiger partial charge in [0.1, 0.15) is 11.6 Å². The minimum absolute atomic E-state index is 0.348. The lowest BCUT2D eigenvalue weighted by atomic mass is 10.1. The molecule has 0 aliphatic heterocycles. The maximum absolute atomic E-state index is 12.0. The number of hydrogen-bond donors (Lipinski definition) is 3. The van der Waals surface area contributed by atoms with Gasteiger partial charge in [0.25, 0.3) is 5.91 Å². The number of nitrogens with two attached hydrogens (primary N) is 1. The van der Waals surface area contributed by atoms with E-state index in [2.05, 4.69) is 15.3 Å².